The fourth-order valence-corrected chi connectivity index (χ4v) is 2.10. The van der Waals surface area contributed by atoms with Crippen molar-refractivity contribution in [3.05, 3.63) is 42.4 Å². The maximum absolute atomic E-state index is 11.8. The molecule has 2 amide bonds. The van der Waals surface area contributed by atoms with Crippen molar-refractivity contribution < 1.29 is 23.8 Å². The van der Waals surface area contributed by atoms with E-state index in [2.05, 4.69) is 10.6 Å². The normalized spacial score (nSPS) is 13.7. The molecule has 22 heavy (non-hydrogen) atoms. The number of aliphatic hydroxyl groups excluding tert-OH is 1. The lowest BCUT2D eigenvalue weighted by Crippen LogP contribution is -2.30. The zero-order valence-corrected chi connectivity index (χ0v) is 11.7. The van der Waals surface area contributed by atoms with Gasteiger partial charge in [-0.15, -0.1) is 0 Å². The first kappa shape index (κ1) is 14.3. The second-order valence-electron chi connectivity index (χ2n) is 4.77. The van der Waals surface area contributed by atoms with E-state index >= 15 is 0 Å². The molecule has 1 unspecified atom stereocenters. The fraction of sp³-hybridized carbons (Fsp3) is 0.267. The number of benzene rings is 1. The molecule has 116 valence electrons. The number of fused-ring (bicyclic) bond motifs is 1. The van der Waals surface area contributed by atoms with Gasteiger partial charge in [0.15, 0.2) is 11.5 Å². The number of rotatable bonds is 5. The van der Waals surface area contributed by atoms with Gasteiger partial charge in [-0.05, 0) is 30.7 Å². The van der Waals surface area contributed by atoms with Gasteiger partial charge in [0, 0.05) is 18.3 Å². The number of ether oxygens (including phenoxy) is 2. The highest BCUT2D eigenvalue weighted by molar-refractivity contribution is 5.89. The van der Waals surface area contributed by atoms with Gasteiger partial charge in [-0.1, -0.05) is 0 Å². The number of urea groups is 1. The Hall–Kier alpha value is -2.67. The average molecular weight is 304 g/mol. The molecule has 0 saturated carbocycles. The van der Waals surface area contributed by atoms with Crippen LogP contribution in [0, 0.1) is 0 Å². The van der Waals surface area contributed by atoms with Crippen molar-refractivity contribution in [1.82, 2.24) is 5.32 Å². The Kier molecular flexibility index (Phi) is 4.15. The van der Waals surface area contributed by atoms with Gasteiger partial charge in [0.1, 0.15) is 11.9 Å². The molecule has 1 atom stereocenters. The van der Waals surface area contributed by atoms with E-state index < -0.39 is 6.10 Å². The van der Waals surface area contributed by atoms with E-state index in [0.29, 0.717) is 35.9 Å². The lowest BCUT2D eigenvalue weighted by atomic mass is 10.2. The Balaban J connectivity index is 1.44. The van der Waals surface area contributed by atoms with Gasteiger partial charge >= 0.3 is 6.03 Å². The summed E-state index contributed by atoms with van der Waals surface area (Å²) in [6.45, 7) is 0.508. The fourth-order valence-electron chi connectivity index (χ4n) is 2.10. The summed E-state index contributed by atoms with van der Waals surface area (Å²) in [7, 11) is 0. The predicted octanol–water partition coefficient (Wildman–Crippen LogP) is 2.25. The second-order valence-corrected chi connectivity index (χ2v) is 4.77. The third kappa shape index (κ3) is 3.32. The number of carbonyl (C=O) groups excluding carboxylic acids is 1. The molecule has 0 bridgehead atoms. The predicted molar refractivity (Wildman–Crippen MR) is 77.9 cm³/mol. The molecule has 1 aliphatic rings. The van der Waals surface area contributed by atoms with Crippen molar-refractivity contribution in [1.29, 1.82) is 0 Å². The van der Waals surface area contributed by atoms with Crippen molar-refractivity contribution in [2.75, 3.05) is 18.7 Å². The van der Waals surface area contributed by atoms with Gasteiger partial charge in [-0.2, -0.15) is 0 Å². The van der Waals surface area contributed by atoms with Gasteiger partial charge in [0.05, 0.1) is 6.26 Å². The Morgan fingerprint density at radius 2 is 2.14 bits per heavy atom. The molecule has 2 aromatic rings. The largest absolute Gasteiger partial charge is 0.467 e. The van der Waals surface area contributed by atoms with Crippen molar-refractivity contribution in [3.8, 4) is 11.5 Å². The van der Waals surface area contributed by atoms with E-state index in [1.807, 2.05) is 0 Å². The highest BCUT2D eigenvalue weighted by Crippen LogP contribution is 2.34. The van der Waals surface area contributed by atoms with Crippen LogP contribution in [0.2, 0.25) is 0 Å². The van der Waals surface area contributed by atoms with E-state index in [9.17, 15) is 9.90 Å². The molecule has 2 heterocycles. The van der Waals surface area contributed by atoms with E-state index in [1.54, 1.807) is 30.3 Å². The summed E-state index contributed by atoms with van der Waals surface area (Å²) >= 11 is 0. The molecule has 0 spiro atoms. The first-order valence-electron chi connectivity index (χ1n) is 6.88. The minimum absolute atomic E-state index is 0.190. The quantitative estimate of drug-likeness (QED) is 0.788. The molecule has 1 aromatic carbocycles. The number of anilines is 1. The number of hydrogen-bond acceptors (Lipinski definition) is 5. The Morgan fingerprint density at radius 1 is 1.27 bits per heavy atom. The summed E-state index contributed by atoms with van der Waals surface area (Å²) < 4.78 is 15.5. The summed E-state index contributed by atoms with van der Waals surface area (Å²) in [6.07, 6.45) is 1.13. The van der Waals surface area contributed by atoms with Crippen LogP contribution in [0.3, 0.4) is 0 Å². The first-order valence-corrected chi connectivity index (χ1v) is 6.88. The van der Waals surface area contributed by atoms with Crippen LogP contribution in [0.25, 0.3) is 0 Å². The average Bonchev–Trinajstić information content (AvgIpc) is 3.18. The zero-order chi connectivity index (χ0) is 15.4. The van der Waals surface area contributed by atoms with Crippen molar-refractivity contribution in [2.24, 2.45) is 0 Å². The van der Waals surface area contributed by atoms with Crippen molar-refractivity contribution in [2.45, 2.75) is 12.5 Å². The summed E-state index contributed by atoms with van der Waals surface area (Å²) in [5.74, 6) is 1.75. The van der Waals surface area contributed by atoms with Crippen LogP contribution in [0.1, 0.15) is 18.3 Å². The Labute approximate surface area is 126 Å². The molecule has 7 heteroatoms. The van der Waals surface area contributed by atoms with Crippen LogP contribution >= 0.6 is 0 Å². The van der Waals surface area contributed by atoms with Gasteiger partial charge in [0.25, 0.3) is 0 Å². The van der Waals surface area contributed by atoms with Crippen molar-refractivity contribution >= 4 is 11.7 Å². The Bertz CT molecular complexity index is 641. The minimum atomic E-state index is -0.735. The molecular weight excluding hydrogens is 288 g/mol. The van der Waals surface area contributed by atoms with Gasteiger partial charge in [-0.25, -0.2) is 4.79 Å². The number of aliphatic hydroxyl groups is 1. The monoisotopic (exact) mass is 304 g/mol. The second kappa shape index (κ2) is 6.40. The van der Waals surface area contributed by atoms with Crippen molar-refractivity contribution in [3.63, 3.8) is 0 Å². The molecule has 0 saturated heterocycles. The van der Waals surface area contributed by atoms with Gasteiger partial charge in [0.2, 0.25) is 6.79 Å². The SMILES string of the molecule is O=C(NCCC(O)c1ccco1)Nc1ccc2c(c1)OCO2. The van der Waals surface area contributed by atoms with E-state index in [-0.39, 0.29) is 12.8 Å². The number of carbonyl (C=O) groups is 1. The lowest BCUT2D eigenvalue weighted by Gasteiger charge is -2.10. The highest BCUT2D eigenvalue weighted by atomic mass is 16.7. The standard InChI is InChI=1S/C15H16N2O5/c18-11(12-2-1-7-20-12)5-6-16-15(19)17-10-3-4-13-14(8-10)22-9-21-13/h1-4,7-8,11,18H,5-6,9H2,(H2,16,17,19). The molecular formula is C15H16N2O5. The van der Waals surface area contributed by atoms with E-state index in [1.165, 1.54) is 6.26 Å². The van der Waals surface area contributed by atoms with Crippen LogP contribution in [0.4, 0.5) is 10.5 Å². The lowest BCUT2D eigenvalue weighted by molar-refractivity contribution is 0.140. The molecule has 3 N–H and O–H groups in total. The topological polar surface area (TPSA) is 93.0 Å². The third-order valence-electron chi connectivity index (χ3n) is 3.21. The summed E-state index contributed by atoms with van der Waals surface area (Å²) in [5, 5.41) is 15.2. The van der Waals surface area contributed by atoms with Gasteiger partial charge in [-0.3, -0.25) is 0 Å². The van der Waals surface area contributed by atoms with Crippen LogP contribution in [0.15, 0.2) is 41.0 Å². The molecule has 0 fully saturated rings. The Morgan fingerprint density at radius 3 is 2.95 bits per heavy atom. The summed E-state index contributed by atoms with van der Waals surface area (Å²) in [4.78, 5) is 11.8. The molecule has 3 rings (SSSR count). The number of nitrogens with one attached hydrogen (secondary N) is 2. The molecule has 1 aromatic heterocycles. The van der Waals surface area contributed by atoms with E-state index in [0.717, 1.165) is 0 Å². The third-order valence-corrected chi connectivity index (χ3v) is 3.21. The summed E-state index contributed by atoms with van der Waals surface area (Å²) in [6, 6.07) is 8.20. The highest BCUT2D eigenvalue weighted by Gasteiger charge is 2.14. The molecule has 1 aliphatic heterocycles. The van der Waals surface area contributed by atoms with Gasteiger partial charge < -0.3 is 29.6 Å². The first-order chi connectivity index (χ1) is 10.7. The number of hydrogen-bond donors (Lipinski definition) is 3. The van der Waals surface area contributed by atoms with Crippen LogP contribution in [0.5, 0.6) is 11.5 Å². The zero-order valence-electron chi connectivity index (χ0n) is 11.7. The van der Waals surface area contributed by atoms with Crippen LogP contribution in [-0.4, -0.2) is 24.5 Å². The maximum atomic E-state index is 11.8. The number of amides is 2. The smallest absolute Gasteiger partial charge is 0.319 e. The van der Waals surface area contributed by atoms with E-state index in [4.69, 9.17) is 13.9 Å². The number of furan rings is 1. The maximum Gasteiger partial charge on any atom is 0.319 e. The molecule has 0 radical (unpaired) electrons. The molecule has 7 nitrogen and oxygen atoms in total. The summed E-state index contributed by atoms with van der Waals surface area (Å²) in [5.41, 5.74) is 0.605. The van der Waals surface area contributed by atoms with Crippen LogP contribution in [-0.2, 0) is 0 Å². The minimum Gasteiger partial charge on any atom is -0.467 e. The van der Waals surface area contributed by atoms with Crippen LogP contribution < -0.4 is 20.1 Å². The molecule has 0 aliphatic carbocycles.